The number of nitrogens with zero attached hydrogens (tertiary/aromatic N) is 1. The number of rotatable bonds is 14. The van der Waals surface area contributed by atoms with Crippen LogP contribution in [-0.4, -0.2) is 72.0 Å². The molecule has 0 radical (unpaired) electrons. The van der Waals surface area contributed by atoms with E-state index in [2.05, 4.69) is 24.0 Å². The molecule has 1 heterocycles. The SMILES string of the molecule is CCCCC(O)c1cccc([C@@H]2[C@@H](C/C=C\CCCC(=O)OCCN3CCOCC3)[C@H](Cl)C[C@H]2O)c1. The average molecular weight is 522 g/mol. The van der Waals surface area contributed by atoms with Gasteiger partial charge in [0, 0.05) is 37.4 Å². The van der Waals surface area contributed by atoms with Crippen molar-refractivity contribution in [1.82, 2.24) is 4.90 Å². The van der Waals surface area contributed by atoms with Gasteiger partial charge in [0.05, 0.1) is 25.4 Å². The first-order valence-corrected chi connectivity index (χ1v) is 14.1. The number of aliphatic hydroxyl groups excluding tert-OH is 2. The quantitative estimate of drug-likeness (QED) is 0.156. The summed E-state index contributed by atoms with van der Waals surface area (Å²) in [4.78, 5) is 14.2. The van der Waals surface area contributed by atoms with Gasteiger partial charge in [-0.25, -0.2) is 0 Å². The summed E-state index contributed by atoms with van der Waals surface area (Å²) in [6, 6.07) is 8.03. The van der Waals surface area contributed by atoms with Crippen molar-refractivity contribution in [2.24, 2.45) is 5.92 Å². The van der Waals surface area contributed by atoms with Crippen LogP contribution in [0.5, 0.6) is 0 Å². The van der Waals surface area contributed by atoms with E-state index in [1.165, 1.54) is 0 Å². The Morgan fingerprint density at radius 1 is 1.28 bits per heavy atom. The molecule has 3 rings (SSSR count). The Hall–Kier alpha value is -1.44. The highest BCUT2D eigenvalue weighted by atomic mass is 35.5. The van der Waals surface area contributed by atoms with Crippen LogP contribution in [0.25, 0.3) is 0 Å². The van der Waals surface area contributed by atoms with E-state index in [4.69, 9.17) is 21.1 Å². The first-order chi connectivity index (χ1) is 17.5. The molecule has 7 heteroatoms. The molecule has 0 amide bonds. The molecular formula is C29H44ClNO5. The zero-order valence-electron chi connectivity index (χ0n) is 21.7. The summed E-state index contributed by atoms with van der Waals surface area (Å²) in [6.07, 6.45) is 9.41. The van der Waals surface area contributed by atoms with Crippen molar-refractivity contribution in [2.45, 2.75) is 81.8 Å². The van der Waals surface area contributed by atoms with Gasteiger partial charge in [-0.15, -0.1) is 11.6 Å². The standard InChI is InChI=1S/C29H44ClNO5/c1-2-3-12-26(32)22-9-8-10-23(20-22)29-24(25(30)21-27(29)33)11-6-4-5-7-13-28(34)36-19-16-31-14-17-35-18-15-31/h4,6,8-10,20,24-27,29,32-33H,2-3,5,7,11-19,21H2,1H3/b6-4-/t24-,25+,26?,27+,29+/m0/s1. The Kier molecular flexibility index (Phi) is 12.7. The number of alkyl halides is 1. The molecule has 2 aliphatic rings. The third-order valence-corrected chi connectivity index (χ3v) is 7.92. The smallest absolute Gasteiger partial charge is 0.305 e. The van der Waals surface area contributed by atoms with Crippen LogP contribution >= 0.6 is 11.6 Å². The van der Waals surface area contributed by atoms with Crippen molar-refractivity contribution in [3.8, 4) is 0 Å². The first kappa shape index (κ1) is 29.1. The highest BCUT2D eigenvalue weighted by Gasteiger charge is 2.41. The molecule has 1 saturated carbocycles. The van der Waals surface area contributed by atoms with Crippen molar-refractivity contribution >= 4 is 17.6 Å². The lowest BCUT2D eigenvalue weighted by molar-refractivity contribution is -0.144. The Balaban J connectivity index is 1.41. The van der Waals surface area contributed by atoms with Gasteiger partial charge >= 0.3 is 5.97 Å². The molecule has 1 unspecified atom stereocenters. The lowest BCUT2D eigenvalue weighted by atomic mass is 9.84. The average Bonchev–Trinajstić information content (AvgIpc) is 3.17. The molecule has 5 atom stereocenters. The molecular weight excluding hydrogens is 478 g/mol. The molecule has 1 saturated heterocycles. The minimum atomic E-state index is -0.485. The maximum absolute atomic E-state index is 12.0. The molecule has 36 heavy (non-hydrogen) atoms. The van der Waals surface area contributed by atoms with Gasteiger partial charge in [-0.1, -0.05) is 56.2 Å². The lowest BCUT2D eigenvalue weighted by Crippen LogP contribution is -2.38. The fraction of sp³-hybridized carbons (Fsp3) is 0.690. The Labute approximate surface area is 221 Å². The van der Waals surface area contributed by atoms with Gasteiger partial charge in [-0.2, -0.15) is 0 Å². The summed E-state index contributed by atoms with van der Waals surface area (Å²) in [7, 11) is 0. The van der Waals surface area contributed by atoms with Crippen molar-refractivity contribution in [3.63, 3.8) is 0 Å². The molecule has 1 aliphatic carbocycles. The Bertz CT molecular complexity index is 813. The van der Waals surface area contributed by atoms with E-state index in [0.29, 0.717) is 19.4 Å². The second-order valence-corrected chi connectivity index (χ2v) is 10.7. The highest BCUT2D eigenvalue weighted by molar-refractivity contribution is 6.21. The third-order valence-electron chi connectivity index (χ3n) is 7.42. The van der Waals surface area contributed by atoms with E-state index >= 15 is 0 Å². The van der Waals surface area contributed by atoms with Crippen LogP contribution in [0.3, 0.4) is 0 Å². The number of ether oxygens (including phenoxy) is 2. The fourth-order valence-electron chi connectivity index (χ4n) is 5.28. The minimum Gasteiger partial charge on any atom is -0.464 e. The Morgan fingerprint density at radius 2 is 2.08 bits per heavy atom. The van der Waals surface area contributed by atoms with E-state index in [9.17, 15) is 15.0 Å². The number of unbranched alkanes of at least 4 members (excludes halogenated alkanes) is 2. The number of carbonyl (C=O) groups excluding carboxylic acids is 1. The van der Waals surface area contributed by atoms with Crippen LogP contribution in [0.15, 0.2) is 36.4 Å². The van der Waals surface area contributed by atoms with Crippen LogP contribution in [0.4, 0.5) is 0 Å². The topological polar surface area (TPSA) is 79.2 Å². The number of carbonyl (C=O) groups is 1. The Morgan fingerprint density at radius 3 is 2.86 bits per heavy atom. The molecule has 0 spiro atoms. The van der Waals surface area contributed by atoms with Crippen molar-refractivity contribution in [1.29, 1.82) is 0 Å². The molecule has 0 bridgehead atoms. The van der Waals surface area contributed by atoms with Crippen LogP contribution < -0.4 is 0 Å². The molecule has 1 aromatic carbocycles. The van der Waals surface area contributed by atoms with Gasteiger partial charge in [0.2, 0.25) is 0 Å². The number of morpholine rings is 1. The maximum atomic E-state index is 12.0. The molecule has 2 fully saturated rings. The number of benzene rings is 1. The predicted octanol–water partition coefficient (Wildman–Crippen LogP) is 4.97. The molecule has 6 nitrogen and oxygen atoms in total. The van der Waals surface area contributed by atoms with Crippen molar-refractivity contribution < 1.29 is 24.5 Å². The largest absolute Gasteiger partial charge is 0.464 e. The van der Waals surface area contributed by atoms with Crippen molar-refractivity contribution in [2.75, 3.05) is 39.5 Å². The molecule has 202 valence electrons. The fourth-order valence-corrected chi connectivity index (χ4v) is 5.73. The van der Waals surface area contributed by atoms with Crippen LogP contribution in [0, 0.1) is 5.92 Å². The van der Waals surface area contributed by atoms with Crippen LogP contribution in [-0.2, 0) is 14.3 Å². The summed E-state index contributed by atoms with van der Waals surface area (Å²) in [6.45, 7) is 6.63. The summed E-state index contributed by atoms with van der Waals surface area (Å²) >= 11 is 6.66. The molecule has 2 N–H and O–H groups in total. The number of halogens is 1. The van der Waals surface area contributed by atoms with Gasteiger partial charge < -0.3 is 19.7 Å². The van der Waals surface area contributed by atoms with Gasteiger partial charge in [0.25, 0.3) is 0 Å². The predicted molar refractivity (Wildman–Crippen MR) is 143 cm³/mol. The number of esters is 1. The van der Waals surface area contributed by atoms with Crippen LogP contribution in [0.1, 0.15) is 81.4 Å². The van der Waals surface area contributed by atoms with Crippen molar-refractivity contribution in [3.05, 3.63) is 47.5 Å². The lowest BCUT2D eigenvalue weighted by Gasteiger charge is -2.26. The zero-order chi connectivity index (χ0) is 25.8. The summed E-state index contributed by atoms with van der Waals surface area (Å²) in [5.74, 6) is -0.0551. The van der Waals surface area contributed by atoms with E-state index in [1.54, 1.807) is 0 Å². The van der Waals surface area contributed by atoms with E-state index < -0.39 is 12.2 Å². The number of allylic oxidation sites excluding steroid dienone is 2. The maximum Gasteiger partial charge on any atom is 0.305 e. The van der Waals surface area contributed by atoms with Crippen LogP contribution in [0.2, 0.25) is 0 Å². The first-order valence-electron chi connectivity index (χ1n) is 13.7. The van der Waals surface area contributed by atoms with Gasteiger partial charge in [-0.3, -0.25) is 9.69 Å². The molecule has 1 aromatic rings. The zero-order valence-corrected chi connectivity index (χ0v) is 22.5. The summed E-state index contributed by atoms with van der Waals surface area (Å²) < 4.78 is 10.7. The normalized spacial score (nSPS) is 25.9. The highest BCUT2D eigenvalue weighted by Crippen LogP contribution is 2.45. The third kappa shape index (κ3) is 9.14. The van der Waals surface area contributed by atoms with Gasteiger partial charge in [0.1, 0.15) is 6.61 Å². The number of hydrogen-bond acceptors (Lipinski definition) is 6. The van der Waals surface area contributed by atoms with E-state index in [0.717, 1.165) is 82.5 Å². The monoisotopic (exact) mass is 521 g/mol. The molecule has 0 aromatic heterocycles. The number of hydrogen-bond donors (Lipinski definition) is 2. The summed E-state index contributed by atoms with van der Waals surface area (Å²) in [5.41, 5.74) is 1.97. The second-order valence-electron chi connectivity index (χ2n) is 10.1. The number of aliphatic hydroxyl groups is 2. The second kappa shape index (κ2) is 15.7. The minimum absolute atomic E-state index is 0.0445. The molecule has 1 aliphatic heterocycles. The summed E-state index contributed by atoms with van der Waals surface area (Å²) in [5, 5.41) is 21.2. The van der Waals surface area contributed by atoms with Gasteiger partial charge in [-0.05, 0) is 49.1 Å². The van der Waals surface area contributed by atoms with E-state index in [-0.39, 0.29) is 23.2 Å². The van der Waals surface area contributed by atoms with E-state index in [1.807, 2.05) is 24.3 Å². The van der Waals surface area contributed by atoms with Gasteiger partial charge in [0.15, 0.2) is 0 Å².